The maximum Gasteiger partial charge on any atom is 0.252 e. The van der Waals surface area contributed by atoms with E-state index in [1.165, 1.54) is 98.9 Å². The molecule has 5 heteroatoms. The molecule has 0 amide bonds. The van der Waals surface area contributed by atoms with Gasteiger partial charge in [-0.15, -0.1) is 0 Å². The molecule has 0 atom stereocenters. The van der Waals surface area contributed by atoms with Crippen molar-refractivity contribution in [3.05, 3.63) is 266 Å². The van der Waals surface area contributed by atoms with Crippen molar-refractivity contribution in [3.63, 3.8) is 0 Å². The van der Waals surface area contributed by atoms with Gasteiger partial charge < -0.3 is 18.5 Å². The van der Waals surface area contributed by atoms with Gasteiger partial charge in [0.25, 0.3) is 6.71 Å². The standard InChI is InChI=1S/C80H60BN3O/c1-79(2,3)56-40-54(41-57(46-56)80(4,5)6)53-34-37-59(51-26-14-9-15-27-51)72(45-53)84-71-39-36-58(82-68-31-19-16-28-60(68)61-29-17-20-32-69(61)82)47-66(71)81-67-44-55(50-24-12-8-13-25-50)43-64-63-42-52(49-22-10-7-11-23-49)35-38-70(63)83(76(64)67)73-48-65-62-30-18-21-33-74(62)85-78(65)77(84)75(73)81/h7-48H,1-6H3. The highest BCUT2D eigenvalue weighted by Gasteiger charge is 2.45. The number of furan rings is 1. The monoisotopic (exact) mass is 1090 g/mol. The highest BCUT2D eigenvalue weighted by Crippen LogP contribution is 2.51. The maximum atomic E-state index is 7.47. The van der Waals surface area contributed by atoms with E-state index >= 15 is 0 Å². The van der Waals surface area contributed by atoms with Gasteiger partial charge in [0.15, 0.2) is 5.58 Å². The molecule has 0 bridgehead atoms. The van der Waals surface area contributed by atoms with Gasteiger partial charge in [0.2, 0.25) is 0 Å². The van der Waals surface area contributed by atoms with Crippen molar-refractivity contribution in [2.45, 2.75) is 52.4 Å². The third kappa shape index (κ3) is 7.49. The molecule has 0 radical (unpaired) electrons. The summed E-state index contributed by atoms with van der Waals surface area (Å²) in [7, 11) is 0. The highest BCUT2D eigenvalue weighted by atomic mass is 16.3. The van der Waals surface area contributed by atoms with Crippen LogP contribution in [0.25, 0.3) is 121 Å². The number of rotatable bonds is 6. The largest absolute Gasteiger partial charge is 0.454 e. The predicted molar refractivity (Wildman–Crippen MR) is 361 cm³/mol. The van der Waals surface area contributed by atoms with Crippen LogP contribution in [0.15, 0.2) is 259 Å². The second-order valence-corrected chi connectivity index (χ2v) is 25.7. The highest BCUT2D eigenvalue weighted by molar-refractivity contribution is 7.00. The number of fused-ring (bicyclic) bond motifs is 14. The Balaban J connectivity index is 1.05. The molecule has 0 saturated heterocycles. The molecule has 4 nitrogen and oxygen atoms in total. The lowest BCUT2D eigenvalue weighted by atomic mass is 9.33. The first-order chi connectivity index (χ1) is 41.4. The van der Waals surface area contributed by atoms with Crippen molar-refractivity contribution >= 4 is 106 Å². The SMILES string of the molecule is CC(C)(C)c1cc(-c2ccc(-c3ccccc3)c(N3c4ccc(-n5c6ccccc6c6ccccc65)cc4B4c5c(cc6c(oc7ccccc76)c53)-n3c5ccc(-c6ccccc6)cc5c5cc(-c6ccccc6)cc4c53)c2)cc(C(C)(C)C)c1. The van der Waals surface area contributed by atoms with Crippen molar-refractivity contribution in [2.24, 2.45) is 0 Å². The normalized spacial score (nSPS) is 13.0. The summed E-state index contributed by atoms with van der Waals surface area (Å²) in [5, 5.41) is 7.12. The number of benzene rings is 12. The number of anilines is 3. The van der Waals surface area contributed by atoms with Crippen LogP contribution in [0.1, 0.15) is 52.7 Å². The number of nitrogens with zero attached hydrogens (tertiary/aromatic N) is 3. The van der Waals surface area contributed by atoms with Gasteiger partial charge in [-0.25, -0.2) is 0 Å². The topological polar surface area (TPSA) is 26.2 Å². The molecule has 404 valence electrons. The molecule has 12 aromatic carbocycles. The van der Waals surface area contributed by atoms with Crippen molar-refractivity contribution in [1.29, 1.82) is 0 Å². The van der Waals surface area contributed by atoms with E-state index in [9.17, 15) is 0 Å². The Morgan fingerprint density at radius 3 is 1.56 bits per heavy atom. The van der Waals surface area contributed by atoms with Crippen LogP contribution in [-0.2, 0) is 10.8 Å². The Morgan fingerprint density at radius 2 is 0.894 bits per heavy atom. The molecule has 5 heterocycles. The summed E-state index contributed by atoms with van der Waals surface area (Å²) in [6, 6.07) is 95.6. The van der Waals surface area contributed by atoms with Gasteiger partial charge in [0.1, 0.15) is 5.58 Å². The van der Waals surface area contributed by atoms with E-state index in [0.29, 0.717) is 0 Å². The summed E-state index contributed by atoms with van der Waals surface area (Å²) in [6.07, 6.45) is 0. The zero-order chi connectivity index (χ0) is 57.0. The van der Waals surface area contributed by atoms with Crippen LogP contribution >= 0.6 is 0 Å². The first kappa shape index (κ1) is 49.5. The number of hydrogen-bond donors (Lipinski definition) is 0. The predicted octanol–water partition coefficient (Wildman–Crippen LogP) is 19.7. The smallest absolute Gasteiger partial charge is 0.252 e. The van der Waals surface area contributed by atoms with Crippen LogP contribution in [0.3, 0.4) is 0 Å². The Morgan fingerprint density at radius 1 is 0.341 bits per heavy atom. The van der Waals surface area contributed by atoms with E-state index in [0.717, 1.165) is 67.1 Å². The first-order valence-electron chi connectivity index (χ1n) is 29.9. The molecule has 3 aromatic heterocycles. The molecule has 0 fully saturated rings. The van der Waals surface area contributed by atoms with Gasteiger partial charge >= 0.3 is 0 Å². The summed E-state index contributed by atoms with van der Waals surface area (Å²) in [5.41, 5.74) is 27.7. The molecule has 0 unspecified atom stereocenters. The summed E-state index contributed by atoms with van der Waals surface area (Å²) in [4.78, 5) is 2.61. The molecule has 85 heavy (non-hydrogen) atoms. The third-order valence-electron chi connectivity index (χ3n) is 18.6. The second-order valence-electron chi connectivity index (χ2n) is 25.7. The molecule has 0 spiro atoms. The van der Waals surface area contributed by atoms with Gasteiger partial charge in [-0.1, -0.05) is 230 Å². The molecular formula is C80H60BN3O. The Kier molecular flexibility index (Phi) is 10.6. The fourth-order valence-corrected chi connectivity index (χ4v) is 14.4. The van der Waals surface area contributed by atoms with Crippen LogP contribution in [0, 0.1) is 0 Å². The zero-order valence-corrected chi connectivity index (χ0v) is 48.6. The van der Waals surface area contributed by atoms with Crippen LogP contribution in [0.5, 0.6) is 0 Å². The fourth-order valence-electron chi connectivity index (χ4n) is 14.4. The van der Waals surface area contributed by atoms with Gasteiger partial charge in [0.05, 0.1) is 27.9 Å². The van der Waals surface area contributed by atoms with Gasteiger partial charge in [0, 0.05) is 60.5 Å². The third-order valence-corrected chi connectivity index (χ3v) is 18.6. The van der Waals surface area contributed by atoms with Crippen molar-refractivity contribution in [2.75, 3.05) is 4.90 Å². The summed E-state index contributed by atoms with van der Waals surface area (Å²) in [6.45, 7) is 13.8. The van der Waals surface area contributed by atoms with E-state index in [1.54, 1.807) is 0 Å². The summed E-state index contributed by atoms with van der Waals surface area (Å²) in [5.74, 6) is 0. The van der Waals surface area contributed by atoms with Gasteiger partial charge in [-0.2, -0.15) is 0 Å². The Hall–Kier alpha value is -10.1. The zero-order valence-electron chi connectivity index (χ0n) is 48.6. The molecule has 2 aliphatic rings. The summed E-state index contributed by atoms with van der Waals surface area (Å²) >= 11 is 0. The van der Waals surface area contributed by atoms with Crippen molar-refractivity contribution in [3.8, 4) is 55.9 Å². The van der Waals surface area contributed by atoms with E-state index in [4.69, 9.17) is 4.42 Å². The molecule has 15 aromatic rings. The lowest BCUT2D eigenvalue weighted by molar-refractivity contribution is 0.569. The quantitative estimate of drug-likeness (QED) is 0.155. The maximum absolute atomic E-state index is 7.47. The first-order valence-corrected chi connectivity index (χ1v) is 29.9. The van der Waals surface area contributed by atoms with E-state index in [1.807, 2.05) is 0 Å². The molecular weight excluding hydrogens is 1030 g/mol. The van der Waals surface area contributed by atoms with E-state index < -0.39 is 0 Å². The number of para-hydroxylation sites is 3. The van der Waals surface area contributed by atoms with Crippen molar-refractivity contribution in [1.82, 2.24) is 9.13 Å². The van der Waals surface area contributed by atoms with Crippen LogP contribution in [0.2, 0.25) is 0 Å². The minimum absolute atomic E-state index is 0.0679. The average molecular weight is 1090 g/mol. The summed E-state index contributed by atoms with van der Waals surface area (Å²) < 4.78 is 12.6. The lowest BCUT2D eigenvalue weighted by Gasteiger charge is -2.41. The Bertz CT molecular complexity index is 5180. The minimum Gasteiger partial charge on any atom is -0.454 e. The molecule has 2 aliphatic heterocycles. The molecule has 17 rings (SSSR count). The molecule has 0 aliphatic carbocycles. The average Bonchev–Trinajstić information content (AvgIpc) is 1.66. The molecule has 0 saturated carbocycles. The van der Waals surface area contributed by atoms with Crippen LogP contribution < -0.4 is 21.3 Å². The van der Waals surface area contributed by atoms with E-state index in [2.05, 4.69) is 310 Å². The van der Waals surface area contributed by atoms with E-state index in [-0.39, 0.29) is 17.5 Å². The second kappa shape index (κ2) is 18.2. The number of hydrogen-bond acceptors (Lipinski definition) is 2. The van der Waals surface area contributed by atoms with Crippen LogP contribution in [-0.4, -0.2) is 15.8 Å². The molecule has 0 N–H and O–H groups in total. The fraction of sp³-hybridized carbons (Fsp3) is 0.100. The Labute approximate surface area is 495 Å². The lowest BCUT2D eigenvalue weighted by Crippen LogP contribution is -2.60. The van der Waals surface area contributed by atoms with Gasteiger partial charge in [-0.3, -0.25) is 0 Å². The number of aromatic nitrogens is 2. The van der Waals surface area contributed by atoms with Crippen LogP contribution in [0.4, 0.5) is 17.1 Å². The van der Waals surface area contributed by atoms with Crippen molar-refractivity contribution < 1.29 is 4.42 Å². The minimum atomic E-state index is -0.223. The van der Waals surface area contributed by atoms with Gasteiger partial charge in [-0.05, 0) is 144 Å².